The maximum atomic E-state index is 11.5. The molecule has 0 amide bonds. The van der Waals surface area contributed by atoms with Crippen LogP contribution in [0.15, 0.2) is 12.2 Å². The Bertz CT molecular complexity index is 382. The molecular weight excluding hydrogens is 348 g/mol. The molecule has 0 saturated carbocycles. The number of unbranched alkanes of at least 4 members (excludes halogenated alkanes) is 11. The van der Waals surface area contributed by atoms with Crippen molar-refractivity contribution >= 4 is 23.2 Å². The summed E-state index contributed by atoms with van der Waals surface area (Å²) in [5, 5.41) is 17.7. The average Bonchev–Trinajstić information content (AvgIpc) is 2.64. The van der Waals surface area contributed by atoms with E-state index in [2.05, 4.69) is 19.1 Å². The Morgan fingerprint density at radius 3 is 1.96 bits per heavy atom. The van der Waals surface area contributed by atoms with Crippen LogP contribution in [0.25, 0.3) is 0 Å². The summed E-state index contributed by atoms with van der Waals surface area (Å²) >= 11 is 4.70. The van der Waals surface area contributed by atoms with Crippen molar-refractivity contribution in [2.24, 2.45) is 0 Å². The lowest BCUT2D eigenvalue weighted by Gasteiger charge is -2.09. The molecule has 2 N–H and O–H groups in total. The molecule has 152 valence electrons. The Morgan fingerprint density at radius 1 is 0.923 bits per heavy atom. The molecule has 1 unspecified atom stereocenters. The van der Waals surface area contributed by atoms with Crippen LogP contribution in [-0.4, -0.2) is 33.9 Å². The van der Waals surface area contributed by atoms with Crippen LogP contribution in [0, 0.1) is 0 Å². The van der Waals surface area contributed by atoms with Crippen LogP contribution >= 0.6 is 12.2 Å². The summed E-state index contributed by atoms with van der Waals surface area (Å²) in [6.45, 7) is 1.72. The van der Waals surface area contributed by atoms with Gasteiger partial charge in [-0.2, -0.15) is 0 Å². The molecule has 26 heavy (non-hydrogen) atoms. The smallest absolute Gasteiger partial charge is 0.311 e. The fraction of sp³-hybridized carbons (Fsp3) is 0.810. The number of allylic oxidation sites excluding steroid dienone is 2. The van der Waals surface area contributed by atoms with E-state index >= 15 is 0 Å². The molecule has 0 saturated heterocycles. The van der Waals surface area contributed by atoms with Crippen molar-refractivity contribution in [3.05, 3.63) is 12.2 Å². The zero-order chi connectivity index (χ0) is 19.5. The average molecular weight is 387 g/mol. The first-order valence-corrected chi connectivity index (χ1v) is 10.7. The maximum Gasteiger partial charge on any atom is 0.311 e. The lowest BCUT2D eigenvalue weighted by molar-refractivity contribution is -0.136. The number of thiocarbonyl (C=S) groups is 1. The highest BCUT2D eigenvalue weighted by atomic mass is 32.1. The number of aliphatic hydroxyl groups excluding tert-OH is 2. The van der Waals surface area contributed by atoms with E-state index in [1.165, 1.54) is 57.8 Å². The first kappa shape index (κ1) is 25.2. The zero-order valence-corrected chi connectivity index (χ0v) is 17.3. The summed E-state index contributed by atoms with van der Waals surface area (Å²) < 4.78 is 4.80. The molecular formula is C21H38O4S. The fourth-order valence-electron chi connectivity index (χ4n) is 2.65. The summed E-state index contributed by atoms with van der Waals surface area (Å²) in [7, 11) is 0. The van der Waals surface area contributed by atoms with Crippen LogP contribution in [0.2, 0.25) is 0 Å². The van der Waals surface area contributed by atoms with Crippen LogP contribution in [0.3, 0.4) is 0 Å². The summed E-state index contributed by atoms with van der Waals surface area (Å²) in [6, 6.07) is 0. The van der Waals surface area contributed by atoms with E-state index in [1.807, 2.05) is 0 Å². The summed E-state index contributed by atoms with van der Waals surface area (Å²) in [5.74, 6) is -0.430. The van der Waals surface area contributed by atoms with Crippen molar-refractivity contribution in [2.45, 2.75) is 103 Å². The van der Waals surface area contributed by atoms with Crippen molar-refractivity contribution < 1.29 is 19.7 Å². The summed E-state index contributed by atoms with van der Waals surface area (Å²) in [4.78, 5) is 11.5. The highest BCUT2D eigenvalue weighted by Crippen LogP contribution is 2.10. The molecule has 0 spiro atoms. The minimum Gasteiger partial charge on any atom is -0.416 e. The summed E-state index contributed by atoms with van der Waals surface area (Å²) in [5.41, 5.74) is 0. The van der Waals surface area contributed by atoms with Crippen molar-refractivity contribution in [2.75, 3.05) is 6.61 Å². The second-order valence-electron chi connectivity index (χ2n) is 6.83. The second-order valence-corrected chi connectivity index (χ2v) is 7.23. The highest BCUT2D eigenvalue weighted by molar-refractivity contribution is 7.80. The zero-order valence-electron chi connectivity index (χ0n) is 16.5. The van der Waals surface area contributed by atoms with E-state index in [0.717, 1.165) is 25.7 Å². The van der Waals surface area contributed by atoms with Gasteiger partial charge in [0.25, 0.3) is 0 Å². The van der Waals surface area contributed by atoms with Crippen molar-refractivity contribution in [3.8, 4) is 0 Å². The van der Waals surface area contributed by atoms with Gasteiger partial charge in [0, 0.05) is 6.42 Å². The van der Waals surface area contributed by atoms with Gasteiger partial charge >= 0.3 is 5.97 Å². The molecule has 0 aromatic carbocycles. The number of hydrogen-bond donors (Lipinski definition) is 2. The Labute approximate surface area is 165 Å². The van der Waals surface area contributed by atoms with E-state index < -0.39 is 18.7 Å². The molecule has 0 aromatic heterocycles. The van der Waals surface area contributed by atoms with Crippen LogP contribution in [0.5, 0.6) is 0 Å². The predicted molar refractivity (Wildman–Crippen MR) is 111 cm³/mol. The van der Waals surface area contributed by atoms with Gasteiger partial charge in [-0.3, -0.25) is 4.79 Å². The first-order valence-electron chi connectivity index (χ1n) is 10.3. The van der Waals surface area contributed by atoms with Crippen LogP contribution < -0.4 is 0 Å². The number of carbonyl (C=O) groups is 1. The van der Waals surface area contributed by atoms with Crippen LogP contribution in [0.1, 0.15) is 96.8 Å². The van der Waals surface area contributed by atoms with Gasteiger partial charge < -0.3 is 14.9 Å². The number of carbonyl (C=O) groups excluding carboxylic acids is 1. The monoisotopic (exact) mass is 386 g/mol. The van der Waals surface area contributed by atoms with E-state index in [1.54, 1.807) is 0 Å². The van der Waals surface area contributed by atoms with E-state index in [0.29, 0.717) is 6.42 Å². The molecule has 0 bridgehead atoms. The topological polar surface area (TPSA) is 66.8 Å². The van der Waals surface area contributed by atoms with Crippen molar-refractivity contribution in [3.63, 3.8) is 0 Å². The largest absolute Gasteiger partial charge is 0.416 e. The molecule has 0 radical (unpaired) electrons. The Hall–Kier alpha value is -0.780. The van der Waals surface area contributed by atoms with Gasteiger partial charge in [-0.25, -0.2) is 0 Å². The third kappa shape index (κ3) is 16.7. The molecule has 0 fully saturated rings. The van der Waals surface area contributed by atoms with Crippen molar-refractivity contribution in [1.82, 2.24) is 0 Å². The first-order chi connectivity index (χ1) is 12.6. The fourth-order valence-corrected chi connectivity index (χ4v) is 2.81. The lowest BCUT2D eigenvalue weighted by atomic mass is 10.1. The van der Waals surface area contributed by atoms with E-state index in [-0.39, 0.29) is 5.05 Å². The quantitative estimate of drug-likeness (QED) is 0.155. The number of hydrogen-bond acceptors (Lipinski definition) is 5. The van der Waals surface area contributed by atoms with E-state index in [4.69, 9.17) is 22.1 Å². The minimum atomic E-state index is -1.26. The maximum absolute atomic E-state index is 11.5. The highest BCUT2D eigenvalue weighted by Gasteiger charge is 2.14. The minimum absolute atomic E-state index is 0.245. The Balaban J connectivity index is 3.34. The molecule has 0 aliphatic rings. The van der Waals surface area contributed by atoms with Crippen LogP contribution in [0.4, 0.5) is 0 Å². The Kier molecular flexibility index (Phi) is 18.4. The van der Waals surface area contributed by atoms with Gasteiger partial charge in [0.05, 0.1) is 6.61 Å². The van der Waals surface area contributed by atoms with Gasteiger partial charge in [0.15, 0.2) is 0 Å². The van der Waals surface area contributed by atoms with Crippen molar-refractivity contribution in [1.29, 1.82) is 0 Å². The van der Waals surface area contributed by atoms with Gasteiger partial charge in [0.1, 0.15) is 6.10 Å². The standard InChI is InChI=1S/C21H38O4S/c1-2-3-4-5-6-7-8-9-10-11-12-13-14-15-16-17-20(24)25-21(26)19(23)18-22/h9-10,19,22-23H,2-8,11-18H2,1H3. The summed E-state index contributed by atoms with van der Waals surface area (Å²) in [6.07, 6.45) is 19.4. The number of aliphatic hydroxyl groups is 2. The molecule has 1 atom stereocenters. The molecule has 0 rings (SSSR count). The SMILES string of the molecule is CCCCCCCCC=CCCCCCCCC(=O)OC(=S)C(O)CO. The van der Waals surface area contributed by atoms with Gasteiger partial charge in [-0.1, -0.05) is 70.4 Å². The molecule has 0 aliphatic heterocycles. The third-order valence-electron chi connectivity index (χ3n) is 4.30. The molecule has 4 nitrogen and oxygen atoms in total. The Morgan fingerprint density at radius 2 is 1.42 bits per heavy atom. The van der Waals surface area contributed by atoms with Gasteiger partial charge in [-0.15, -0.1) is 0 Å². The van der Waals surface area contributed by atoms with Gasteiger partial charge in [0.2, 0.25) is 5.05 Å². The van der Waals surface area contributed by atoms with Gasteiger partial charge in [-0.05, 0) is 44.3 Å². The second kappa shape index (κ2) is 19.0. The normalized spacial score (nSPS) is 12.4. The number of ether oxygens (including phenoxy) is 1. The molecule has 0 heterocycles. The molecule has 5 heteroatoms. The van der Waals surface area contributed by atoms with Crippen LogP contribution in [-0.2, 0) is 9.53 Å². The number of esters is 1. The third-order valence-corrected chi connectivity index (χ3v) is 4.66. The van der Waals surface area contributed by atoms with E-state index in [9.17, 15) is 9.90 Å². The number of rotatable bonds is 17. The molecule has 0 aromatic rings. The lowest BCUT2D eigenvalue weighted by Crippen LogP contribution is -2.27. The predicted octanol–water partition coefficient (Wildman–Crippen LogP) is 5.25. The molecule has 0 aliphatic carbocycles.